The van der Waals surface area contributed by atoms with Crippen LogP contribution >= 0.6 is 0 Å². The topological polar surface area (TPSA) is 64.6 Å². The Bertz CT molecular complexity index is 988. The lowest BCUT2D eigenvalue weighted by molar-refractivity contribution is 0.337. The second-order valence-electron chi connectivity index (χ2n) is 19.1. The lowest BCUT2D eigenvalue weighted by Crippen LogP contribution is -2.62. The zero-order valence-corrected chi connectivity index (χ0v) is 45.5. The molecule has 0 N–H and O–H groups in total. The van der Waals surface area contributed by atoms with Crippen LogP contribution in [0.25, 0.3) is 0 Å². The fourth-order valence-electron chi connectivity index (χ4n) is 5.21. The van der Waals surface area contributed by atoms with Crippen LogP contribution in [0.2, 0.25) is 157 Å². The van der Waals surface area contributed by atoms with Crippen molar-refractivity contribution >= 4 is 90.1 Å². The Morgan fingerprint density at radius 1 is 0.362 bits per heavy atom. The molecule has 1 atom stereocenters. The van der Waals surface area contributed by atoms with Gasteiger partial charge in [0, 0.05) is 0 Å². The predicted octanol–water partition coefficient (Wildman–Crippen LogP) is 10.3. The zero-order valence-electron chi connectivity index (χ0n) is 35.3. The van der Waals surface area contributed by atoms with Gasteiger partial charge in [0.15, 0.2) is 49.9 Å². The second-order valence-corrected chi connectivity index (χ2v) is 59.6. The molecule has 0 aliphatic rings. The van der Waals surface area contributed by atoms with Gasteiger partial charge in [-0.15, -0.1) is 0 Å². The molecule has 0 aromatic heterocycles. The number of benzene rings is 1. The van der Waals surface area contributed by atoms with Crippen LogP contribution in [0.3, 0.4) is 0 Å². The molecule has 47 heavy (non-hydrogen) atoms. The van der Waals surface area contributed by atoms with Crippen LogP contribution in [0.4, 0.5) is 0 Å². The summed E-state index contributed by atoms with van der Waals surface area (Å²) in [6.45, 7) is 52.8. The van der Waals surface area contributed by atoms with Crippen molar-refractivity contribution in [2.45, 2.75) is 157 Å². The van der Waals surface area contributed by atoms with Crippen LogP contribution in [0.5, 0.6) is 0 Å². The third-order valence-electron chi connectivity index (χ3n) is 4.93. The van der Waals surface area contributed by atoms with E-state index in [9.17, 15) is 0 Å². The molecule has 0 heterocycles. The molecule has 1 unspecified atom stereocenters. The Labute approximate surface area is 304 Å². The summed E-state index contributed by atoms with van der Waals surface area (Å²) in [6.07, 6.45) is 0. The van der Waals surface area contributed by atoms with Crippen molar-refractivity contribution in [1.29, 1.82) is 0 Å². The summed E-state index contributed by atoms with van der Waals surface area (Å²) in [4.78, 5) is 0. The van der Waals surface area contributed by atoms with Gasteiger partial charge in [-0.25, -0.2) is 0 Å². The maximum Gasteiger partial charge on any atom is 0.350 e. The Morgan fingerprint density at radius 2 is 0.638 bits per heavy atom. The summed E-state index contributed by atoms with van der Waals surface area (Å²) in [6, 6.07) is 10.4. The second kappa shape index (κ2) is 18.7. The minimum absolute atomic E-state index is 1.19. The van der Waals surface area contributed by atoms with Crippen molar-refractivity contribution in [2.24, 2.45) is 0 Å². The molecule has 0 amide bonds. The average Bonchev–Trinajstić information content (AvgIpc) is 2.64. The molecule has 0 saturated heterocycles. The fraction of sp³-hybridized carbons (Fsp3) is 0.800. The fourth-order valence-corrected chi connectivity index (χ4v) is 43.3. The molecule has 0 bridgehead atoms. The minimum atomic E-state index is -2.48. The van der Waals surface area contributed by atoms with Crippen LogP contribution in [-0.4, -0.2) is 84.9 Å². The van der Waals surface area contributed by atoms with Crippen molar-refractivity contribution in [1.82, 2.24) is 0 Å². The van der Waals surface area contributed by atoms with Gasteiger partial charge >= 0.3 is 25.7 Å². The van der Waals surface area contributed by atoms with Crippen molar-refractivity contribution in [3.63, 3.8) is 0 Å². The van der Waals surface area contributed by atoms with E-state index in [0.29, 0.717) is 0 Å². The normalized spacial score (nSPS) is 15.3. The Balaban J connectivity index is 0. The summed E-state index contributed by atoms with van der Waals surface area (Å²) in [7, 11) is -16.8. The van der Waals surface area contributed by atoms with Crippen LogP contribution in [0.15, 0.2) is 30.3 Å². The highest BCUT2D eigenvalue weighted by Crippen LogP contribution is 2.24. The van der Waals surface area contributed by atoms with Gasteiger partial charge in [-0.3, -0.25) is 0 Å². The number of hydrogen-bond acceptors (Lipinski definition) is 7. The van der Waals surface area contributed by atoms with Gasteiger partial charge < -0.3 is 28.8 Å². The van der Waals surface area contributed by atoms with Crippen LogP contribution < -0.4 is 5.19 Å². The third-order valence-corrected chi connectivity index (χ3v) is 35.4. The maximum atomic E-state index is 6.67. The number of rotatable bonds is 15. The van der Waals surface area contributed by atoms with E-state index in [1.807, 2.05) is 6.07 Å². The first kappa shape index (κ1) is 50.2. The van der Waals surface area contributed by atoms with E-state index in [1.54, 1.807) is 0 Å². The maximum absolute atomic E-state index is 6.67. The molecule has 7 nitrogen and oxygen atoms in total. The first-order valence-electron chi connectivity index (χ1n) is 17.2. The van der Waals surface area contributed by atoms with E-state index in [1.165, 1.54) is 5.19 Å². The minimum Gasteiger partial charge on any atom is -0.439 e. The molecule has 0 spiro atoms. The van der Waals surface area contributed by atoms with E-state index in [4.69, 9.17) is 28.8 Å². The lowest BCUT2D eigenvalue weighted by atomic mass is 10.4. The van der Waals surface area contributed by atoms with E-state index >= 15 is 0 Å². The largest absolute Gasteiger partial charge is 0.439 e. The number of hydrogen-bond donors (Lipinski definition) is 0. The average molecular weight is 832 g/mol. The summed E-state index contributed by atoms with van der Waals surface area (Å²) >= 11 is 0. The first-order chi connectivity index (χ1) is 20.2. The summed E-state index contributed by atoms with van der Waals surface area (Å²) in [5.41, 5.74) is 0. The SMILES string of the molecule is C[SiH](O[Si](C)(C)C)O[Si](C)(C)C.C[Si](C)(C)O[Si](C)(C)O[Si](C)(C)C.C[Si](C)(C)O[Si](C)(C)O[Si](C)(O[Si](C)(C)C)c1ccccc1. The highest BCUT2D eigenvalue weighted by atomic mass is 28.5. The van der Waals surface area contributed by atoms with Gasteiger partial charge in [0.05, 0.1) is 0 Å². The lowest BCUT2D eigenvalue weighted by Gasteiger charge is -2.41. The standard InChI is InChI=1S/C15H32O3Si4.C8H24O2Si3.C7H22O2Si3/c1-19(2,3)16-21(7,8)18-22(9,17-20(4,5)6)15-13-11-10-12-14-15;1-11(2,3)9-13(7,8)10-12(4,5)6;1-10(8-11(2,3)4)9-12(5,6)7/h10-14H,1-9H3;1-8H3;10H,1-7H3. The van der Waals surface area contributed by atoms with E-state index in [2.05, 4.69) is 181 Å². The van der Waals surface area contributed by atoms with Gasteiger partial charge in [-0.1, -0.05) is 30.3 Å². The van der Waals surface area contributed by atoms with Gasteiger partial charge in [0.1, 0.15) is 0 Å². The zero-order chi connectivity index (χ0) is 38.1. The molecule has 0 saturated carbocycles. The molecule has 0 aliphatic carbocycles. The van der Waals surface area contributed by atoms with E-state index in [0.717, 1.165) is 0 Å². The van der Waals surface area contributed by atoms with Crippen LogP contribution in [0, 0.1) is 0 Å². The highest BCUT2D eigenvalue weighted by Gasteiger charge is 2.46. The van der Waals surface area contributed by atoms with Gasteiger partial charge in [0.2, 0.25) is 0 Å². The molecule has 0 fully saturated rings. The highest BCUT2D eigenvalue weighted by molar-refractivity contribution is 6.95. The van der Waals surface area contributed by atoms with Gasteiger partial charge in [-0.05, 0) is 162 Å². The van der Waals surface area contributed by atoms with Gasteiger partial charge in [-0.2, -0.15) is 0 Å². The molecule has 1 aromatic rings. The summed E-state index contributed by atoms with van der Waals surface area (Å²) in [5, 5.41) is 1.19. The quantitative estimate of drug-likeness (QED) is 0.163. The summed E-state index contributed by atoms with van der Waals surface area (Å²) in [5.74, 6) is 0. The molecule has 0 aliphatic heterocycles. The van der Waals surface area contributed by atoms with Crippen LogP contribution in [0.1, 0.15) is 0 Å². The monoisotopic (exact) mass is 830 g/mol. The Kier molecular flexibility index (Phi) is 20.0. The molecular weight excluding hydrogens is 753 g/mol. The molecule has 1 aromatic carbocycles. The smallest absolute Gasteiger partial charge is 0.350 e. The molecule has 17 heteroatoms. The van der Waals surface area contributed by atoms with Gasteiger partial charge in [0.25, 0.3) is 9.28 Å². The van der Waals surface area contributed by atoms with Crippen LogP contribution in [-0.2, 0) is 28.8 Å². The van der Waals surface area contributed by atoms with Crippen molar-refractivity contribution in [3.05, 3.63) is 30.3 Å². The van der Waals surface area contributed by atoms with Crippen molar-refractivity contribution < 1.29 is 28.8 Å². The molecule has 0 radical (unpaired) electrons. The Hall–Kier alpha value is 1.11. The first-order valence-corrected chi connectivity index (χ1v) is 47.7. The summed E-state index contributed by atoms with van der Waals surface area (Å²) < 4.78 is 43.6. The predicted molar refractivity (Wildman–Crippen MR) is 233 cm³/mol. The Morgan fingerprint density at radius 3 is 0.894 bits per heavy atom. The van der Waals surface area contributed by atoms with Crippen molar-refractivity contribution in [2.75, 3.05) is 0 Å². The van der Waals surface area contributed by atoms with E-state index in [-0.39, 0.29) is 0 Å². The van der Waals surface area contributed by atoms with Crippen molar-refractivity contribution in [3.8, 4) is 0 Å². The third kappa shape index (κ3) is 31.6. The van der Waals surface area contributed by atoms with E-state index < -0.39 is 84.9 Å². The molecule has 280 valence electrons. The molecular formula is C30H78O7Si10. The molecule has 1 rings (SSSR count).